The van der Waals surface area contributed by atoms with E-state index >= 15 is 0 Å². The van der Waals surface area contributed by atoms with Gasteiger partial charge in [0.2, 0.25) is 0 Å². The first kappa shape index (κ1) is 14.6. The second kappa shape index (κ2) is 5.93. The number of rotatable bonds is 1. The number of likely N-dealkylation sites (tertiary alicyclic amines) is 1. The molecule has 0 aliphatic carbocycles. The van der Waals surface area contributed by atoms with Gasteiger partial charge in [0, 0.05) is 26.2 Å². The van der Waals surface area contributed by atoms with Crippen LogP contribution in [-0.4, -0.2) is 48.8 Å². The Balaban J connectivity index is 2.48. The van der Waals surface area contributed by atoms with Crippen LogP contribution in [-0.2, 0) is 4.74 Å². The van der Waals surface area contributed by atoms with Gasteiger partial charge in [0.25, 0.3) is 0 Å². The molecule has 18 heavy (non-hydrogen) atoms. The molecule has 0 radical (unpaired) electrons. The SMILES string of the molecule is CNC(=O)NC1CCCN(C(=O)OC(C)(C)C)C1. The molecule has 1 atom stereocenters. The Hall–Kier alpha value is -1.46. The molecule has 0 saturated carbocycles. The van der Waals surface area contributed by atoms with Crippen molar-refractivity contribution in [2.24, 2.45) is 0 Å². The minimum Gasteiger partial charge on any atom is -0.444 e. The van der Waals surface area contributed by atoms with E-state index in [1.54, 1.807) is 11.9 Å². The maximum Gasteiger partial charge on any atom is 0.410 e. The lowest BCUT2D eigenvalue weighted by atomic mass is 10.1. The van der Waals surface area contributed by atoms with Crippen LogP contribution in [0.4, 0.5) is 9.59 Å². The van der Waals surface area contributed by atoms with E-state index in [-0.39, 0.29) is 18.2 Å². The zero-order valence-corrected chi connectivity index (χ0v) is 11.6. The first-order valence-electron chi connectivity index (χ1n) is 6.28. The topological polar surface area (TPSA) is 70.7 Å². The quantitative estimate of drug-likeness (QED) is 0.744. The summed E-state index contributed by atoms with van der Waals surface area (Å²) in [5, 5.41) is 5.33. The fourth-order valence-electron chi connectivity index (χ4n) is 1.84. The number of urea groups is 1. The second-order valence-corrected chi connectivity index (χ2v) is 5.49. The van der Waals surface area contributed by atoms with Crippen molar-refractivity contribution < 1.29 is 14.3 Å². The summed E-state index contributed by atoms with van der Waals surface area (Å²) >= 11 is 0. The molecule has 6 nitrogen and oxygen atoms in total. The molecular weight excluding hydrogens is 234 g/mol. The van der Waals surface area contributed by atoms with Crippen LogP contribution in [0.1, 0.15) is 33.6 Å². The Morgan fingerprint density at radius 3 is 2.56 bits per heavy atom. The number of hydrogen-bond donors (Lipinski definition) is 2. The Morgan fingerprint density at radius 1 is 1.33 bits per heavy atom. The van der Waals surface area contributed by atoms with Gasteiger partial charge in [-0.1, -0.05) is 0 Å². The molecule has 0 bridgehead atoms. The smallest absolute Gasteiger partial charge is 0.410 e. The van der Waals surface area contributed by atoms with E-state index in [1.165, 1.54) is 0 Å². The molecule has 3 amide bonds. The largest absolute Gasteiger partial charge is 0.444 e. The average molecular weight is 257 g/mol. The Morgan fingerprint density at radius 2 is 2.00 bits per heavy atom. The summed E-state index contributed by atoms with van der Waals surface area (Å²) in [7, 11) is 1.57. The Bertz CT molecular complexity index is 312. The predicted molar refractivity (Wildman–Crippen MR) is 68.4 cm³/mol. The summed E-state index contributed by atoms with van der Waals surface area (Å²) < 4.78 is 5.32. The molecule has 2 N–H and O–H groups in total. The molecule has 104 valence electrons. The monoisotopic (exact) mass is 257 g/mol. The normalized spacial score (nSPS) is 20.2. The third kappa shape index (κ3) is 4.81. The van der Waals surface area contributed by atoms with Gasteiger partial charge in [0.15, 0.2) is 0 Å². The standard InChI is InChI=1S/C12H23N3O3/c1-12(2,3)18-11(17)15-7-5-6-9(8-15)14-10(16)13-4/h9H,5-8H2,1-4H3,(H2,13,14,16). The van der Waals surface area contributed by atoms with Crippen molar-refractivity contribution in [3.8, 4) is 0 Å². The highest BCUT2D eigenvalue weighted by molar-refractivity contribution is 5.74. The van der Waals surface area contributed by atoms with Crippen molar-refractivity contribution in [1.82, 2.24) is 15.5 Å². The summed E-state index contributed by atoms with van der Waals surface area (Å²) in [5.41, 5.74) is -0.488. The van der Waals surface area contributed by atoms with Crippen molar-refractivity contribution in [2.45, 2.75) is 45.3 Å². The number of nitrogens with zero attached hydrogens (tertiary/aromatic N) is 1. The van der Waals surface area contributed by atoms with Gasteiger partial charge in [-0.2, -0.15) is 0 Å². The number of ether oxygens (including phenoxy) is 1. The van der Waals surface area contributed by atoms with Gasteiger partial charge in [-0.25, -0.2) is 9.59 Å². The fraction of sp³-hybridized carbons (Fsp3) is 0.833. The molecule has 0 aromatic heterocycles. The van der Waals surface area contributed by atoms with Gasteiger partial charge in [0.1, 0.15) is 5.60 Å². The van der Waals surface area contributed by atoms with Crippen molar-refractivity contribution >= 4 is 12.1 Å². The number of carbonyl (C=O) groups excluding carboxylic acids is 2. The summed E-state index contributed by atoms with van der Waals surface area (Å²) in [6.45, 7) is 6.71. The number of carbonyl (C=O) groups is 2. The molecule has 1 saturated heterocycles. The molecule has 1 heterocycles. The van der Waals surface area contributed by atoms with E-state index in [1.807, 2.05) is 20.8 Å². The lowest BCUT2D eigenvalue weighted by Gasteiger charge is -2.34. The highest BCUT2D eigenvalue weighted by Crippen LogP contribution is 2.15. The highest BCUT2D eigenvalue weighted by Gasteiger charge is 2.28. The predicted octanol–water partition coefficient (Wildman–Crippen LogP) is 1.31. The minimum absolute atomic E-state index is 0.00813. The summed E-state index contributed by atoms with van der Waals surface area (Å²) in [5.74, 6) is 0. The van der Waals surface area contributed by atoms with Gasteiger partial charge < -0.3 is 20.3 Å². The molecule has 1 unspecified atom stereocenters. The second-order valence-electron chi connectivity index (χ2n) is 5.49. The molecule has 1 aliphatic rings. The van der Waals surface area contributed by atoms with Crippen LogP contribution in [0.2, 0.25) is 0 Å². The van der Waals surface area contributed by atoms with Crippen molar-refractivity contribution in [3.63, 3.8) is 0 Å². The van der Waals surface area contributed by atoms with E-state index in [9.17, 15) is 9.59 Å². The minimum atomic E-state index is -0.488. The summed E-state index contributed by atoms with van der Waals surface area (Å²) in [4.78, 5) is 24.8. The van der Waals surface area contributed by atoms with Gasteiger partial charge in [-0.15, -0.1) is 0 Å². The van der Waals surface area contributed by atoms with E-state index in [0.717, 1.165) is 12.8 Å². The van der Waals surface area contributed by atoms with Crippen molar-refractivity contribution in [1.29, 1.82) is 0 Å². The number of amides is 3. The zero-order valence-electron chi connectivity index (χ0n) is 11.6. The van der Waals surface area contributed by atoms with E-state index in [2.05, 4.69) is 10.6 Å². The molecule has 1 rings (SSSR count). The number of piperidine rings is 1. The Kier molecular flexibility index (Phi) is 4.81. The molecular formula is C12H23N3O3. The summed E-state index contributed by atoms with van der Waals surface area (Å²) in [6, 6.07) is -0.225. The highest BCUT2D eigenvalue weighted by atomic mass is 16.6. The van der Waals surface area contributed by atoms with E-state index in [4.69, 9.17) is 4.74 Å². The maximum atomic E-state index is 11.9. The van der Waals surface area contributed by atoms with Crippen LogP contribution in [0.3, 0.4) is 0 Å². The van der Waals surface area contributed by atoms with Gasteiger partial charge in [-0.05, 0) is 33.6 Å². The lowest BCUT2D eigenvalue weighted by molar-refractivity contribution is 0.0191. The van der Waals surface area contributed by atoms with Gasteiger partial charge in [-0.3, -0.25) is 0 Å². The van der Waals surface area contributed by atoms with E-state index < -0.39 is 5.60 Å². The third-order valence-electron chi connectivity index (χ3n) is 2.64. The number of hydrogen-bond acceptors (Lipinski definition) is 3. The zero-order chi connectivity index (χ0) is 13.8. The van der Waals surface area contributed by atoms with E-state index in [0.29, 0.717) is 13.1 Å². The van der Waals surface area contributed by atoms with Crippen molar-refractivity contribution in [3.05, 3.63) is 0 Å². The first-order valence-corrected chi connectivity index (χ1v) is 6.28. The lowest BCUT2D eigenvalue weighted by Crippen LogP contribution is -2.52. The third-order valence-corrected chi connectivity index (χ3v) is 2.64. The summed E-state index contributed by atoms with van der Waals surface area (Å²) in [6.07, 6.45) is 1.44. The first-order chi connectivity index (χ1) is 8.31. The molecule has 1 fully saturated rings. The van der Waals surface area contributed by atoms with Crippen LogP contribution in [0, 0.1) is 0 Å². The Labute approximate surface area is 108 Å². The fourth-order valence-corrected chi connectivity index (χ4v) is 1.84. The number of nitrogens with one attached hydrogen (secondary N) is 2. The van der Waals surface area contributed by atoms with Crippen LogP contribution in [0.25, 0.3) is 0 Å². The van der Waals surface area contributed by atoms with Crippen LogP contribution >= 0.6 is 0 Å². The molecule has 0 aromatic rings. The van der Waals surface area contributed by atoms with Crippen LogP contribution in [0.15, 0.2) is 0 Å². The van der Waals surface area contributed by atoms with Gasteiger partial charge in [0.05, 0.1) is 0 Å². The molecule has 6 heteroatoms. The average Bonchev–Trinajstić information content (AvgIpc) is 2.27. The van der Waals surface area contributed by atoms with Crippen LogP contribution in [0.5, 0.6) is 0 Å². The van der Waals surface area contributed by atoms with Crippen LogP contribution < -0.4 is 10.6 Å². The molecule has 0 spiro atoms. The van der Waals surface area contributed by atoms with Crippen molar-refractivity contribution in [2.75, 3.05) is 20.1 Å². The maximum absolute atomic E-state index is 11.9. The molecule has 1 aliphatic heterocycles. The molecule has 0 aromatic carbocycles. The van der Waals surface area contributed by atoms with Gasteiger partial charge >= 0.3 is 12.1 Å².